The summed E-state index contributed by atoms with van der Waals surface area (Å²) >= 11 is 0. The number of aromatic nitrogens is 1. The number of hydrogen-bond acceptors (Lipinski definition) is 5. The van der Waals surface area contributed by atoms with Gasteiger partial charge in [-0.25, -0.2) is 4.98 Å². The van der Waals surface area contributed by atoms with E-state index >= 15 is 0 Å². The molecule has 0 bridgehead atoms. The Morgan fingerprint density at radius 3 is 2.59 bits per heavy atom. The summed E-state index contributed by atoms with van der Waals surface area (Å²) in [6.45, 7) is 1.73. The molecular formula is C16H19NO5. The number of oxazole rings is 1. The minimum Gasteiger partial charge on any atom is -0.493 e. The Morgan fingerprint density at radius 2 is 1.95 bits per heavy atom. The SMILES string of the molecule is COc1ccc(CCc2nc(CC(=O)O)c(C)o2)cc1OC. The molecule has 1 N–H and O–H groups in total. The number of carbonyl (C=O) groups is 1. The standard InChI is InChI=1S/C16H19NO5/c1-10-12(9-16(18)19)17-15(22-10)7-5-11-4-6-13(20-2)14(8-11)21-3/h4,6,8H,5,7,9H2,1-3H3,(H,18,19). The number of ether oxygens (including phenoxy) is 2. The van der Waals surface area contributed by atoms with Crippen LogP contribution < -0.4 is 9.47 Å². The molecule has 1 aromatic heterocycles. The number of carboxylic acid groups (broad SMARTS) is 1. The van der Waals surface area contributed by atoms with Gasteiger partial charge in [0.25, 0.3) is 0 Å². The number of carboxylic acids is 1. The molecule has 0 radical (unpaired) electrons. The first-order valence-corrected chi connectivity index (χ1v) is 6.91. The van der Waals surface area contributed by atoms with Crippen LogP contribution in [0.15, 0.2) is 22.6 Å². The van der Waals surface area contributed by atoms with Crippen molar-refractivity contribution in [3.05, 3.63) is 41.1 Å². The van der Waals surface area contributed by atoms with Crippen LogP contribution in [0.2, 0.25) is 0 Å². The molecule has 0 spiro atoms. The van der Waals surface area contributed by atoms with Crippen LogP contribution in [0.3, 0.4) is 0 Å². The molecule has 22 heavy (non-hydrogen) atoms. The first kappa shape index (κ1) is 15.9. The second kappa shape index (κ2) is 6.98. The van der Waals surface area contributed by atoms with E-state index in [0.717, 1.165) is 5.56 Å². The maximum absolute atomic E-state index is 10.7. The maximum Gasteiger partial charge on any atom is 0.309 e. The molecule has 6 nitrogen and oxygen atoms in total. The van der Waals surface area contributed by atoms with Crippen LogP contribution in [0, 0.1) is 6.92 Å². The summed E-state index contributed by atoms with van der Waals surface area (Å²) in [4.78, 5) is 15.0. The highest BCUT2D eigenvalue weighted by Crippen LogP contribution is 2.28. The zero-order valence-corrected chi connectivity index (χ0v) is 12.9. The number of nitrogens with zero attached hydrogens (tertiary/aromatic N) is 1. The van der Waals surface area contributed by atoms with Gasteiger partial charge in [-0.2, -0.15) is 0 Å². The van der Waals surface area contributed by atoms with Gasteiger partial charge in [-0.05, 0) is 31.0 Å². The van der Waals surface area contributed by atoms with E-state index in [-0.39, 0.29) is 6.42 Å². The van der Waals surface area contributed by atoms with Gasteiger partial charge in [-0.3, -0.25) is 4.79 Å². The lowest BCUT2D eigenvalue weighted by Gasteiger charge is -2.08. The molecule has 0 unspecified atom stereocenters. The Hall–Kier alpha value is -2.50. The third-order valence-electron chi connectivity index (χ3n) is 3.33. The number of aryl methyl sites for hydroxylation is 3. The fourth-order valence-electron chi connectivity index (χ4n) is 2.19. The van der Waals surface area contributed by atoms with E-state index in [0.29, 0.717) is 41.7 Å². The van der Waals surface area contributed by atoms with Crippen LogP contribution in [0.1, 0.15) is 22.9 Å². The largest absolute Gasteiger partial charge is 0.493 e. The van der Waals surface area contributed by atoms with E-state index in [2.05, 4.69) is 4.98 Å². The average Bonchev–Trinajstić information content (AvgIpc) is 2.84. The fourth-order valence-corrected chi connectivity index (χ4v) is 2.19. The molecule has 1 aromatic carbocycles. The van der Waals surface area contributed by atoms with E-state index in [1.54, 1.807) is 21.1 Å². The van der Waals surface area contributed by atoms with Gasteiger partial charge in [0.2, 0.25) is 0 Å². The minimum atomic E-state index is -0.914. The molecule has 0 saturated carbocycles. The van der Waals surface area contributed by atoms with Gasteiger partial charge < -0.3 is 19.0 Å². The number of aliphatic carboxylic acids is 1. The second-order valence-corrected chi connectivity index (χ2v) is 4.87. The monoisotopic (exact) mass is 305 g/mol. The molecule has 0 atom stereocenters. The predicted molar refractivity (Wildman–Crippen MR) is 79.5 cm³/mol. The normalized spacial score (nSPS) is 10.5. The van der Waals surface area contributed by atoms with Crippen molar-refractivity contribution in [2.75, 3.05) is 14.2 Å². The average molecular weight is 305 g/mol. The summed E-state index contributed by atoms with van der Waals surface area (Å²) in [5.74, 6) is 1.55. The first-order valence-electron chi connectivity index (χ1n) is 6.91. The molecule has 1 heterocycles. The Kier molecular flexibility index (Phi) is 5.04. The molecule has 0 aliphatic rings. The summed E-state index contributed by atoms with van der Waals surface area (Å²) in [6.07, 6.45) is 1.19. The summed E-state index contributed by atoms with van der Waals surface area (Å²) in [6, 6.07) is 5.72. The molecule has 0 aliphatic carbocycles. The van der Waals surface area contributed by atoms with Crippen LogP contribution in [0.25, 0.3) is 0 Å². The lowest BCUT2D eigenvalue weighted by Crippen LogP contribution is -2.02. The van der Waals surface area contributed by atoms with Crippen molar-refractivity contribution in [3.8, 4) is 11.5 Å². The van der Waals surface area contributed by atoms with Gasteiger partial charge in [-0.15, -0.1) is 0 Å². The summed E-state index contributed by atoms with van der Waals surface area (Å²) in [5, 5.41) is 8.81. The van der Waals surface area contributed by atoms with Crippen molar-refractivity contribution in [2.24, 2.45) is 0 Å². The molecule has 2 rings (SSSR count). The van der Waals surface area contributed by atoms with E-state index in [1.165, 1.54) is 0 Å². The van der Waals surface area contributed by atoms with Gasteiger partial charge in [0.1, 0.15) is 5.76 Å². The topological polar surface area (TPSA) is 81.8 Å². The molecule has 0 amide bonds. The van der Waals surface area contributed by atoms with E-state index < -0.39 is 5.97 Å². The molecule has 0 saturated heterocycles. The summed E-state index contributed by atoms with van der Waals surface area (Å²) < 4.78 is 16.0. The van der Waals surface area contributed by atoms with Crippen molar-refractivity contribution in [2.45, 2.75) is 26.2 Å². The van der Waals surface area contributed by atoms with Crippen LogP contribution in [-0.2, 0) is 24.1 Å². The Morgan fingerprint density at radius 1 is 1.23 bits per heavy atom. The first-order chi connectivity index (χ1) is 10.5. The fraction of sp³-hybridized carbons (Fsp3) is 0.375. The lowest BCUT2D eigenvalue weighted by molar-refractivity contribution is -0.136. The third kappa shape index (κ3) is 3.78. The zero-order valence-electron chi connectivity index (χ0n) is 12.9. The Labute approximate surface area is 128 Å². The van der Waals surface area contributed by atoms with Gasteiger partial charge in [-0.1, -0.05) is 6.07 Å². The maximum atomic E-state index is 10.7. The van der Waals surface area contributed by atoms with Crippen molar-refractivity contribution in [1.82, 2.24) is 4.98 Å². The Bertz CT molecular complexity index is 663. The van der Waals surface area contributed by atoms with E-state index in [9.17, 15) is 4.79 Å². The number of rotatable bonds is 7. The van der Waals surface area contributed by atoms with Crippen LogP contribution in [0.4, 0.5) is 0 Å². The highest BCUT2D eigenvalue weighted by molar-refractivity contribution is 5.69. The van der Waals surface area contributed by atoms with Crippen molar-refractivity contribution < 1.29 is 23.8 Å². The van der Waals surface area contributed by atoms with E-state index in [1.807, 2.05) is 18.2 Å². The third-order valence-corrected chi connectivity index (χ3v) is 3.33. The van der Waals surface area contributed by atoms with E-state index in [4.69, 9.17) is 19.0 Å². The van der Waals surface area contributed by atoms with Gasteiger partial charge in [0, 0.05) is 6.42 Å². The number of methoxy groups -OCH3 is 2. The smallest absolute Gasteiger partial charge is 0.309 e. The minimum absolute atomic E-state index is 0.119. The van der Waals surface area contributed by atoms with Gasteiger partial charge in [0.15, 0.2) is 17.4 Å². The molecule has 2 aromatic rings. The van der Waals surface area contributed by atoms with Gasteiger partial charge in [0.05, 0.1) is 26.3 Å². The molecular weight excluding hydrogens is 286 g/mol. The highest BCUT2D eigenvalue weighted by atomic mass is 16.5. The van der Waals surface area contributed by atoms with Crippen LogP contribution in [0.5, 0.6) is 11.5 Å². The molecule has 6 heteroatoms. The molecule has 118 valence electrons. The second-order valence-electron chi connectivity index (χ2n) is 4.87. The molecule has 0 aliphatic heterocycles. The number of benzene rings is 1. The highest BCUT2D eigenvalue weighted by Gasteiger charge is 2.13. The number of hydrogen-bond donors (Lipinski definition) is 1. The van der Waals surface area contributed by atoms with Crippen molar-refractivity contribution >= 4 is 5.97 Å². The summed E-state index contributed by atoms with van der Waals surface area (Å²) in [5.41, 5.74) is 1.54. The molecule has 0 fully saturated rings. The predicted octanol–water partition coefficient (Wildman–Crippen LogP) is 2.41. The summed E-state index contributed by atoms with van der Waals surface area (Å²) in [7, 11) is 3.19. The quantitative estimate of drug-likeness (QED) is 0.846. The van der Waals surface area contributed by atoms with Crippen molar-refractivity contribution in [1.29, 1.82) is 0 Å². The lowest BCUT2D eigenvalue weighted by atomic mass is 10.1. The van der Waals surface area contributed by atoms with Gasteiger partial charge >= 0.3 is 5.97 Å². The zero-order chi connectivity index (χ0) is 16.1. The van der Waals surface area contributed by atoms with Crippen LogP contribution in [-0.4, -0.2) is 30.3 Å². The van der Waals surface area contributed by atoms with Crippen molar-refractivity contribution in [3.63, 3.8) is 0 Å². The Balaban J connectivity index is 2.05. The van der Waals surface area contributed by atoms with Crippen LogP contribution >= 0.6 is 0 Å².